The van der Waals surface area contributed by atoms with Gasteiger partial charge in [0, 0.05) is 12.4 Å². The molecule has 0 unspecified atom stereocenters. The van der Waals surface area contributed by atoms with E-state index in [1.54, 1.807) is 0 Å². The molecule has 0 heterocycles. The van der Waals surface area contributed by atoms with Crippen molar-refractivity contribution in [3.8, 4) is 0 Å². The summed E-state index contributed by atoms with van der Waals surface area (Å²) in [6, 6.07) is 7.63. The maximum Gasteiger partial charge on any atom is 1.00 e. The molecular formula is C12H15O2Rb. The summed E-state index contributed by atoms with van der Waals surface area (Å²) in [5.74, 6) is -1.03. The Morgan fingerprint density at radius 2 is 1.67 bits per heavy atom. The number of carbonyl (C=O) groups is 1. The van der Waals surface area contributed by atoms with Crippen LogP contribution in [0.5, 0.6) is 0 Å². The van der Waals surface area contributed by atoms with Gasteiger partial charge in [0.1, 0.15) is 0 Å². The molecule has 0 amide bonds. The van der Waals surface area contributed by atoms with Gasteiger partial charge in [-0.1, -0.05) is 45.0 Å². The van der Waals surface area contributed by atoms with Crippen molar-refractivity contribution in [3.05, 3.63) is 35.4 Å². The minimum absolute atomic E-state index is 0. The molecule has 0 bridgehead atoms. The third kappa shape index (κ3) is 5.39. The first-order valence-electron chi connectivity index (χ1n) is 4.69. The molecule has 0 spiro atoms. The van der Waals surface area contributed by atoms with E-state index >= 15 is 0 Å². The van der Waals surface area contributed by atoms with Gasteiger partial charge in [0.2, 0.25) is 0 Å². The minimum Gasteiger partial charge on any atom is -0.550 e. The van der Waals surface area contributed by atoms with Crippen molar-refractivity contribution >= 4 is 5.97 Å². The Hall–Kier alpha value is 0.495. The van der Waals surface area contributed by atoms with E-state index in [-0.39, 0.29) is 70.0 Å². The van der Waals surface area contributed by atoms with Crippen molar-refractivity contribution in [2.24, 2.45) is 0 Å². The Morgan fingerprint density at radius 1 is 1.20 bits per heavy atom. The van der Waals surface area contributed by atoms with Crippen molar-refractivity contribution in [2.75, 3.05) is 0 Å². The molecule has 0 atom stereocenters. The molecule has 1 aromatic carbocycles. The van der Waals surface area contributed by atoms with Gasteiger partial charge in [-0.25, -0.2) is 0 Å². The molecule has 0 aliphatic carbocycles. The van der Waals surface area contributed by atoms with E-state index in [0.29, 0.717) is 0 Å². The first-order chi connectivity index (χ1) is 6.39. The molecule has 0 radical (unpaired) electrons. The molecule has 3 heteroatoms. The zero-order valence-corrected chi connectivity index (χ0v) is 14.7. The van der Waals surface area contributed by atoms with Crippen LogP contribution in [-0.4, -0.2) is 5.97 Å². The van der Waals surface area contributed by atoms with Gasteiger partial charge in [0.05, 0.1) is 0 Å². The molecule has 1 aromatic rings. The third-order valence-corrected chi connectivity index (χ3v) is 2.17. The second kappa shape index (κ2) is 6.28. The molecule has 0 fully saturated rings. The van der Waals surface area contributed by atoms with Gasteiger partial charge < -0.3 is 9.90 Å². The summed E-state index contributed by atoms with van der Waals surface area (Å²) < 4.78 is 0. The van der Waals surface area contributed by atoms with Crippen molar-refractivity contribution in [1.29, 1.82) is 0 Å². The van der Waals surface area contributed by atoms with Gasteiger partial charge >= 0.3 is 58.2 Å². The van der Waals surface area contributed by atoms with Crippen LogP contribution in [0.3, 0.4) is 0 Å². The number of rotatable bonds is 2. The van der Waals surface area contributed by atoms with E-state index in [1.807, 2.05) is 24.3 Å². The van der Waals surface area contributed by atoms with Crippen molar-refractivity contribution in [2.45, 2.75) is 32.6 Å². The monoisotopic (exact) mass is 276 g/mol. The summed E-state index contributed by atoms with van der Waals surface area (Å²) in [7, 11) is 0. The van der Waals surface area contributed by atoms with Gasteiger partial charge in [-0.05, 0) is 16.5 Å². The largest absolute Gasteiger partial charge is 1.00 e. The molecule has 15 heavy (non-hydrogen) atoms. The third-order valence-electron chi connectivity index (χ3n) is 2.17. The van der Waals surface area contributed by atoms with E-state index in [0.717, 1.165) is 5.56 Å². The van der Waals surface area contributed by atoms with E-state index in [4.69, 9.17) is 0 Å². The maximum atomic E-state index is 10.3. The van der Waals surface area contributed by atoms with Crippen LogP contribution in [0.1, 0.15) is 31.9 Å². The predicted molar refractivity (Wildman–Crippen MR) is 53.9 cm³/mol. The molecular weight excluding hydrogens is 262 g/mol. The zero-order chi connectivity index (χ0) is 10.8. The Balaban J connectivity index is 0.00000196. The first kappa shape index (κ1) is 15.5. The summed E-state index contributed by atoms with van der Waals surface area (Å²) in [5.41, 5.74) is 2.11. The van der Waals surface area contributed by atoms with E-state index in [1.165, 1.54) is 5.56 Å². The fourth-order valence-electron chi connectivity index (χ4n) is 1.29. The Labute approximate surface area is 140 Å². The Bertz CT molecular complexity index is 322. The average Bonchev–Trinajstić information content (AvgIpc) is 2.02. The SMILES string of the molecule is CC(C)(C)c1ccc(CC(=O)[O-])cc1.[Rb+]. The summed E-state index contributed by atoms with van der Waals surface area (Å²) in [4.78, 5) is 10.3. The summed E-state index contributed by atoms with van der Waals surface area (Å²) in [5, 5.41) is 10.3. The summed E-state index contributed by atoms with van der Waals surface area (Å²) >= 11 is 0. The van der Waals surface area contributed by atoms with Crippen LogP contribution < -0.4 is 63.3 Å². The fraction of sp³-hybridized carbons (Fsp3) is 0.417. The quantitative estimate of drug-likeness (QED) is 0.645. The standard InChI is InChI=1S/C12H16O2.Rb/c1-12(2,3)10-6-4-9(5-7-10)8-11(13)14;/h4-7H,8H2,1-3H3,(H,13,14);/q;+1/p-1. The van der Waals surface area contributed by atoms with Crippen LogP contribution in [-0.2, 0) is 16.6 Å². The van der Waals surface area contributed by atoms with Crippen molar-refractivity contribution in [3.63, 3.8) is 0 Å². The number of carboxylic acid groups (broad SMARTS) is 1. The fourth-order valence-corrected chi connectivity index (χ4v) is 1.29. The van der Waals surface area contributed by atoms with Crippen LogP contribution in [0.2, 0.25) is 0 Å². The topological polar surface area (TPSA) is 40.1 Å². The first-order valence-corrected chi connectivity index (χ1v) is 4.69. The van der Waals surface area contributed by atoms with Crippen LogP contribution >= 0.6 is 0 Å². The Kier molecular flexibility index (Phi) is 6.49. The zero-order valence-electron chi connectivity index (χ0n) is 9.83. The van der Waals surface area contributed by atoms with Gasteiger partial charge in [-0.2, -0.15) is 0 Å². The molecule has 0 aliphatic heterocycles. The van der Waals surface area contributed by atoms with Crippen molar-refractivity contribution < 1.29 is 68.1 Å². The maximum absolute atomic E-state index is 10.3. The second-order valence-electron chi connectivity index (χ2n) is 4.50. The van der Waals surface area contributed by atoms with Gasteiger partial charge in [-0.15, -0.1) is 0 Å². The smallest absolute Gasteiger partial charge is 0.550 e. The normalized spacial score (nSPS) is 10.6. The van der Waals surface area contributed by atoms with Gasteiger partial charge in [0.25, 0.3) is 0 Å². The average molecular weight is 277 g/mol. The minimum atomic E-state index is -1.03. The van der Waals surface area contributed by atoms with Crippen LogP contribution in [0, 0.1) is 0 Å². The second-order valence-corrected chi connectivity index (χ2v) is 4.50. The van der Waals surface area contributed by atoms with Crippen molar-refractivity contribution in [1.82, 2.24) is 0 Å². The van der Waals surface area contributed by atoms with Gasteiger partial charge in [0.15, 0.2) is 0 Å². The molecule has 0 saturated carbocycles. The summed E-state index contributed by atoms with van der Waals surface area (Å²) in [6.45, 7) is 6.38. The van der Waals surface area contributed by atoms with E-state index in [2.05, 4.69) is 20.8 Å². The number of carboxylic acids is 1. The molecule has 0 saturated heterocycles. The molecule has 0 aromatic heterocycles. The van der Waals surface area contributed by atoms with E-state index in [9.17, 15) is 9.90 Å². The number of hydrogen-bond donors (Lipinski definition) is 0. The van der Waals surface area contributed by atoms with Crippen LogP contribution in [0.25, 0.3) is 0 Å². The number of hydrogen-bond acceptors (Lipinski definition) is 2. The van der Waals surface area contributed by atoms with E-state index < -0.39 is 5.97 Å². The number of benzene rings is 1. The van der Waals surface area contributed by atoms with Crippen LogP contribution in [0.15, 0.2) is 24.3 Å². The predicted octanol–water partition coefficient (Wildman–Crippen LogP) is -1.72. The molecule has 0 N–H and O–H groups in total. The summed E-state index contributed by atoms with van der Waals surface area (Å²) in [6.07, 6.45) is -0.00950. The number of carbonyl (C=O) groups excluding carboxylic acids is 1. The molecule has 76 valence electrons. The molecule has 0 aliphatic rings. The van der Waals surface area contributed by atoms with Gasteiger partial charge in [-0.3, -0.25) is 0 Å². The Morgan fingerprint density at radius 3 is 2.00 bits per heavy atom. The van der Waals surface area contributed by atoms with Crippen LogP contribution in [0.4, 0.5) is 0 Å². The number of aliphatic carboxylic acids is 1. The molecule has 2 nitrogen and oxygen atoms in total. The molecule has 1 rings (SSSR count).